The molecule has 0 amide bonds. The van der Waals surface area contributed by atoms with Gasteiger partial charge in [0, 0.05) is 12.6 Å². The van der Waals surface area contributed by atoms with Crippen molar-refractivity contribution in [1.82, 2.24) is 5.32 Å². The van der Waals surface area contributed by atoms with Gasteiger partial charge in [0.1, 0.15) is 13.2 Å². The van der Waals surface area contributed by atoms with Gasteiger partial charge >= 0.3 is 0 Å². The van der Waals surface area contributed by atoms with Gasteiger partial charge in [0.25, 0.3) is 0 Å². The van der Waals surface area contributed by atoms with Crippen LogP contribution in [0.4, 0.5) is 0 Å². The lowest BCUT2D eigenvalue weighted by molar-refractivity contribution is 0.171. The van der Waals surface area contributed by atoms with Crippen LogP contribution in [0.25, 0.3) is 0 Å². The van der Waals surface area contributed by atoms with E-state index in [2.05, 4.69) is 38.2 Å². The molecule has 1 fully saturated rings. The molecular weight excluding hydrogens is 250 g/mol. The molecule has 1 aliphatic carbocycles. The van der Waals surface area contributed by atoms with Crippen LogP contribution in [0.15, 0.2) is 18.2 Å². The molecular formula is C17H25NO2. The van der Waals surface area contributed by atoms with Crippen LogP contribution in [0, 0.1) is 11.3 Å². The van der Waals surface area contributed by atoms with Gasteiger partial charge in [0.2, 0.25) is 0 Å². The molecule has 3 rings (SSSR count). The summed E-state index contributed by atoms with van der Waals surface area (Å²) in [5.41, 5.74) is 1.82. The van der Waals surface area contributed by atoms with Crippen molar-refractivity contribution in [3.63, 3.8) is 0 Å². The number of rotatable bonds is 5. The van der Waals surface area contributed by atoms with E-state index in [1.807, 2.05) is 6.07 Å². The molecule has 0 aromatic heterocycles. The minimum atomic E-state index is 0.349. The Bertz CT molecular complexity index is 480. The molecule has 1 aromatic carbocycles. The number of hydrogen-bond acceptors (Lipinski definition) is 3. The Morgan fingerprint density at radius 3 is 2.45 bits per heavy atom. The first-order chi connectivity index (χ1) is 9.61. The molecule has 1 unspecified atom stereocenters. The molecule has 3 heteroatoms. The Hall–Kier alpha value is -1.22. The average molecular weight is 275 g/mol. The average Bonchev–Trinajstić information content (AvgIpc) is 3.25. The van der Waals surface area contributed by atoms with Crippen molar-refractivity contribution in [2.24, 2.45) is 11.3 Å². The van der Waals surface area contributed by atoms with Gasteiger partial charge in [-0.25, -0.2) is 0 Å². The van der Waals surface area contributed by atoms with Crippen LogP contribution in [0.2, 0.25) is 0 Å². The minimum absolute atomic E-state index is 0.349. The lowest BCUT2D eigenvalue weighted by Crippen LogP contribution is -2.29. The van der Waals surface area contributed by atoms with Gasteiger partial charge in [-0.3, -0.25) is 0 Å². The summed E-state index contributed by atoms with van der Waals surface area (Å²) in [6.45, 7) is 9.31. The molecule has 0 spiro atoms. The molecule has 1 aromatic rings. The third kappa shape index (κ3) is 2.64. The highest BCUT2D eigenvalue weighted by Crippen LogP contribution is 2.51. The van der Waals surface area contributed by atoms with Crippen molar-refractivity contribution in [3.8, 4) is 11.5 Å². The summed E-state index contributed by atoms with van der Waals surface area (Å²) >= 11 is 0. The van der Waals surface area contributed by atoms with Crippen LogP contribution in [0.3, 0.4) is 0 Å². The Labute approximate surface area is 121 Å². The lowest BCUT2D eigenvalue weighted by Gasteiger charge is -2.24. The monoisotopic (exact) mass is 275 g/mol. The summed E-state index contributed by atoms with van der Waals surface area (Å²) in [5, 5.41) is 3.69. The first-order valence-electron chi connectivity index (χ1n) is 7.74. The van der Waals surface area contributed by atoms with Gasteiger partial charge in [0.15, 0.2) is 11.5 Å². The summed E-state index contributed by atoms with van der Waals surface area (Å²) in [4.78, 5) is 0. The zero-order valence-corrected chi connectivity index (χ0v) is 12.7. The molecule has 1 aliphatic heterocycles. The summed E-state index contributed by atoms with van der Waals surface area (Å²) in [5.74, 6) is 2.52. The number of fused-ring (bicyclic) bond motifs is 1. The second kappa shape index (κ2) is 5.28. The third-order valence-electron chi connectivity index (χ3n) is 4.94. The van der Waals surface area contributed by atoms with Crippen LogP contribution in [0.1, 0.15) is 45.2 Å². The zero-order valence-electron chi connectivity index (χ0n) is 12.7. The molecule has 1 atom stereocenters. The molecule has 0 bridgehead atoms. The maximum atomic E-state index is 5.66. The summed E-state index contributed by atoms with van der Waals surface area (Å²) in [7, 11) is 0. The zero-order chi connectivity index (χ0) is 14.2. The second-order valence-corrected chi connectivity index (χ2v) is 6.52. The Kier molecular flexibility index (Phi) is 3.63. The highest BCUT2D eigenvalue weighted by molar-refractivity contribution is 5.44. The number of ether oxygens (including phenoxy) is 2. The van der Waals surface area contributed by atoms with Gasteiger partial charge < -0.3 is 14.8 Å². The molecule has 110 valence electrons. The fourth-order valence-corrected chi connectivity index (χ4v) is 2.92. The van der Waals surface area contributed by atoms with E-state index in [0.717, 1.165) is 24.0 Å². The molecule has 1 saturated carbocycles. The van der Waals surface area contributed by atoms with E-state index < -0.39 is 0 Å². The van der Waals surface area contributed by atoms with Gasteiger partial charge in [0.05, 0.1) is 0 Å². The fraction of sp³-hybridized carbons (Fsp3) is 0.647. The molecule has 0 saturated heterocycles. The van der Waals surface area contributed by atoms with Crippen LogP contribution < -0.4 is 14.8 Å². The fourth-order valence-electron chi connectivity index (χ4n) is 2.92. The number of benzene rings is 1. The predicted octanol–water partition coefficient (Wildman–Crippen LogP) is 3.54. The smallest absolute Gasteiger partial charge is 0.161 e. The minimum Gasteiger partial charge on any atom is -0.486 e. The first kappa shape index (κ1) is 13.7. The Morgan fingerprint density at radius 2 is 1.80 bits per heavy atom. The quantitative estimate of drug-likeness (QED) is 0.891. The predicted molar refractivity (Wildman–Crippen MR) is 80.4 cm³/mol. The van der Waals surface area contributed by atoms with Crippen molar-refractivity contribution in [2.75, 3.05) is 19.8 Å². The Balaban J connectivity index is 1.64. The summed E-state index contributed by atoms with van der Waals surface area (Å²) in [6, 6.07) is 6.63. The maximum absolute atomic E-state index is 5.66. The van der Waals surface area contributed by atoms with Crippen LogP contribution in [0.5, 0.6) is 11.5 Å². The number of hydrogen-bond donors (Lipinski definition) is 1. The van der Waals surface area contributed by atoms with E-state index in [1.54, 1.807) is 0 Å². The van der Waals surface area contributed by atoms with E-state index >= 15 is 0 Å². The van der Waals surface area contributed by atoms with Crippen molar-refractivity contribution in [1.29, 1.82) is 0 Å². The second-order valence-electron chi connectivity index (χ2n) is 6.52. The van der Waals surface area contributed by atoms with Crippen molar-refractivity contribution < 1.29 is 9.47 Å². The lowest BCUT2D eigenvalue weighted by atomic mass is 9.92. The molecule has 1 heterocycles. The van der Waals surface area contributed by atoms with Crippen molar-refractivity contribution >= 4 is 0 Å². The standard InChI is InChI=1S/C17H25NO2/c1-12(2)17(6-7-17)11-18-13(3)14-4-5-15-16(10-14)20-9-8-19-15/h4-5,10,12-13,18H,6-9,11H2,1-3H3. The first-order valence-corrected chi connectivity index (χ1v) is 7.74. The third-order valence-corrected chi connectivity index (χ3v) is 4.94. The normalized spacial score (nSPS) is 20.8. The number of nitrogens with one attached hydrogen (secondary N) is 1. The summed E-state index contributed by atoms with van der Waals surface area (Å²) < 4.78 is 11.2. The highest BCUT2D eigenvalue weighted by atomic mass is 16.6. The Morgan fingerprint density at radius 1 is 1.10 bits per heavy atom. The van der Waals surface area contributed by atoms with E-state index in [4.69, 9.17) is 9.47 Å². The van der Waals surface area contributed by atoms with E-state index in [9.17, 15) is 0 Å². The molecule has 3 nitrogen and oxygen atoms in total. The molecule has 2 aliphatic rings. The van der Waals surface area contributed by atoms with Crippen molar-refractivity contribution in [3.05, 3.63) is 23.8 Å². The highest BCUT2D eigenvalue weighted by Gasteiger charge is 2.44. The van der Waals surface area contributed by atoms with Gasteiger partial charge in [-0.2, -0.15) is 0 Å². The van der Waals surface area contributed by atoms with Gasteiger partial charge in [-0.1, -0.05) is 19.9 Å². The van der Waals surface area contributed by atoms with E-state index in [1.165, 1.54) is 18.4 Å². The van der Waals surface area contributed by atoms with Gasteiger partial charge in [-0.05, 0) is 48.8 Å². The SMILES string of the molecule is CC(NCC1(C(C)C)CC1)c1ccc2c(c1)OCCO2. The molecule has 20 heavy (non-hydrogen) atoms. The molecule has 0 radical (unpaired) electrons. The van der Waals surface area contributed by atoms with Crippen LogP contribution in [-0.4, -0.2) is 19.8 Å². The molecule has 1 N–H and O–H groups in total. The largest absolute Gasteiger partial charge is 0.486 e. The van der Waals surface area contributed by atoms with Crippen molar-refractivity contribution in [2.45, 2.75) is 39.7 Å². The summed E-state index contributed by atoms with van der Waals surface area (Å²) in [6.07, 6.45) is 2.73. The van der Waals surface area contributed by atoms with Crippen LogP contribution in [-0.2, 0) is 0 Å². The van der Waals surface area contributed by atoms with Crippen LogP contribution >= 0.6 is 0 Å². The topological polar surface area (TPSA) is 30.5 Å². The maximum Gasteiger partial charge on any atom is 0.161 e. The van der Waals surface area contributed by atoms with E-state index in [-0.39, 0.29) is 0 Å². The van der Waals surface area contributed by atoms with E-state index in [0.29, 0.717) is 24.7 Å². The van der Waals surface area contributed by atoms with Gasteiger partial charge in [-0.15, -0.1) is 0 Å².